The number of alkyl halides is 3. The van der Waals surface area contributed by atoms with Gasteiger partial charge in [-0.3, -0.25) is 0 Å². The number of hydrogen-bond donors (Lipinski definition) is 1. The summed E-state index contributed by atoms with van der Waals surface area (Å²) in [5.41, 5.74) is -2.42. The van der Waals surface area contributed by atoms with Gasteiger partial charge in [0.15, 0.2) is 23.0 Å². The van der Waals surface area contributed by atoms with Crippen LogP contribution in [-0.4, -0.2) is 63.0 Å². The van der Waals surface area contributed by atoms with Gasteiger partial charge in [-0.25, -0.2) is 18.4 Å². The Morgan fingerprint density at radius 2 is 1.78 bits per heavy atom. The minimum absolute atomic E-state index is 0.178. The van der Waals surface area contributed by atoms with E-state index in [9.17, 15) is 27.1 Å². The predicted molar refractivity (Wildman–Crippen MR) is 107 cm³/mol. The first kappa shape index (κ1) is 22.2. The molecule has 32 heavy (non-hydrogen) atoms. The molecule has 1 aliphatic heterocycles. The van der Waals surface area contributed by atoms with Crippen molar-refractivity contribution in [3.8, 4) is 17.0 Å². The summed E-state index contributed by atoms with van der Waals surface area (Å²) < 4.78 is 69.2. The van der Waals surface area contributed by atoms with Crippen LogP contribution >= 0.6 is 0 Å². The number of aromatic nitrogens is 4. The lowest BCUT2D eigenvalue weighted by Crippen LogP contribution is -2.42. The number of fused-ring (bicyclic) bond motifs is 1. The first-order chi connectivity index (χ1) is 15.0. The molecule has 0 atom stereocenters. The Labute approximate surface area is 180 Å². The molecule has 0 radical (unpaired) electrons. The van der Waals surface area contributed by atoms with Crippen molar-refractivity contribution < 1.29 is 27.1 Å². The van der Waals surface area contributed by atoms with Crippen LogP contribution in [-0.2, 0) is 13.2 Å². The van der Waals surface area contributed by atoms with Gasteiger partial charge in [0.2, 0.25) is 5.95 Å². The molecule has 3 aromatic rings. The third-order valence-corrected chi connectivity index (χ3v) is 5.78. The number of nitrogens with zero attached hydrogens (tertiary/aromatic N) is 6. The maximum atomic E-state index is 14.6. The van der Waals surface area contributed by atoms with Crippen LogP contribution < -0.4 is 4.90 Å². The second-order valence-electron chi connectivity index (χ2n) is 8.01. The molecule has 0 aliphatic carbocycles. The normalized spacial score (nSPS) is 15.8. The summed E-state index contributed by atoms with van der Waals surface area (Å²) in [4.78, 5) is 12.9. The van der Waals surface area contributed by atoms with Crippen LogP contribution in [0.4, 0.5) is 27.9 Å². The third kappa shape index (κ3) is 3.72. The van der Waals surface area contributed by atoms with Crippen LogP contribution in [0.2, 0.25) is 0 Å². The van der Waals surface area contributed by atoms with Gasteiger partial charge in [0.25, 0.3) is 0 Å². The van der Waals surface area contributed by atoms with Crippen molar-refractivity contribution in [3.05, 3.63) is 29.5 Å². The highest BCUT2D eigenvalue weighted by atomic mass is 19.4. The molecule has 1 N–H and O–H groups in total. The van der Waals surface area contributed by atoms with E-state index in [0.717, 1.165) is 25.9 Å². The summed E-state index contributed by atoms with van der Waals surface area (Å²) in [6.07, 6.45) is -1.93. The molecule has 0 unspecified atom stereocenters. The van der Waals surface area contributed by atoms with Crippen LogP contribution in [0.1, 0.15) is 18.4 Å². The molecule has 0 spiro atoms. The third-order valence-electron chi connectivity index (χ3n) is 5.78. The molecular formula is C20H21F5N6O. The van der Waals surface area contributed by atoms with Crippen molar-refractivity contribution in [2.24, 2.45) is 7.05 Å². The maximum absolute atomic E-state index is 14.6. The summed E-state index contributed by atoms with van der Waals surface area (Å²) in [5.74, 6) is -4.89. The minimum Gasteiger partial charge on any atom is -0.503 e. The van der Waals surface area contributed by atoms with E-state index in [-0.39, 0.29) is 16.7 Å². The lowest BCUT2D eigenvalue weighted by atomic mass is 10.0. The summed E-state index contributed by atoms with van der Waals surface area (Å²) in [6.45, 7) is 1.46. The van der Waals surface area contributed by atoms with Crippen molar-refractivity contribution in [1.82, 2.24) is 24.6 Å². The first-order valence-electron chi connectivity index (χ1n) is 9.88. The Bertz CT molecular complexity index is 1170. The minimum atomic E-state index is -5.13. The Balaban J connectivity index is 1.76. The smallest absolute Gasteiger partial charge is 0.419 e. The molecule has 3 heterocycles. The van der Waals surface area contributed by atoms with Gasteiger partial charge in [-0.15, -0.1) is 0 Å². The molecule has 1 aliphatic rings. The van der Waals surface area contributed by atoms with E-state index >= 15 is 0 Å². The van der Waals surface area contributed by atoms with Gasteiger partial charge in [-0.1, -0.05) is 0 Å². The Morgan fingerprint density at radius 1 is 1.12 bits per heavy atom. The molecule has 0 bridgehead atoms. The zero-order valence-corrected chi connectivity index (χ0v) is 17.6. The number of aryl methyl sites for hydroxylation is 1. The van der Waals surface area contributed by atoms with Crippen LogP contribution in [0.15, 0.2) is 12.3 Å². The molecule has 1 fully saturated rings. The number of piperidine rings is 1. The average Bonchev–Trinajstić information content (AvgIpc) is 3.07. The average molecular weight is 456 g/mol. The van der Waals surface area contributed by atoms with Crippen molar-refractivity contribution in [3.63, 3.8) is 0 Å². The number of aromatic hydroxyl groups is 1. The molecule has 0 amide bonds. The molecule has 172 valence electrons. The lowest BCUT2D eigenvalue weighted by Gasteiger charge is -2.35. The predicted octanol–water partition coefficient (Wildman–Crippen LogP) is 3.56. The van der Waals surface area contributed by atoms with Gasteiger partial charge in [-0.2, -0.15) is 23.3 Å². The van der Waals surface area contributed by atoms with E-state index in [2.05, 4.69) is 20.0 Å². The highest BCUT2D eigenvalue weighted by Crippen LogP contribution is 2.41. The van der Waals surface area contributed by atoms with Crippen LogP contribution in [0.25, 0.3) is 22.3 Å². The second-order valence-corrected chi connectivity index (χ2v) is 8.01. The van der Waals surface area contributed by atoms with Crippen molar-refractivity contribution >= 4 is 17.0 Å². The van der Waals surface area contributed by atoms with E-state index in [1.807, 2.05) is 19.0 Å². The van der Waals surface area contributed by atoms with Crippen molar-refractivity contribution in [2.75, 3.05) is 32.1 Å². The van der Waals surface area contributed by atoms with Crippen molar-refractivity contribution in [2.45, 2.75) is 25.1 Å². The summed E-state index contributed by atoms with van der Waals surface area (Å²) in [7, 11) is 5.56. The lowest BCUT2D eigenvalue weighted by molar-refractivity contribution is -0.140. The number of phenols is 1. The van der Waals surface area contributed by atoms with Gasteiger partial charge >= 0.3 is 6.18 Å². The standard InChI is InChI=1S/C20H21F5N6O/c1-29(2)10-4-6-31(7-5-10)19-26-9-12-16(28-30(3)18(12)27-19)11-8-13(20(23,24)25)15(22)17(32)14(11)21/h8-10,32H,4-7H2,1-3H3. The van der Waals surface area contributed by atoms with E-state index in [1.165, 1.54) is 17.9 Å². The maximum Gasteiger partial charge on any atom is 0.419 e. The highest BCUT2D eigenvalue weighted by Gasteiger charge is 2.38. The van der Waals surface area contributed by atoms with Gasteiger partial charge in [0.05, 0.1) is 10.9 Å². The fraction of sp³-hybridized carbons (Fsp3) is 0.450. The van der Waals surface area contributed by atoms with E-state index < -0.39 is 34.7 Å². The SMILES string of the molecule is CN(C)C1CCN(c2ncc3c(-c4cc(C(F)(F)F)c(F)c(O)c4F)nn(C)c3n2)CC1. The van der Waals surface area contributed by atoms with E-state index in [1.54, 1.807) is 0 Å². The van der Waals surface area contributed by atoms with E-state index in [0.29, 0.717) is 18.1 Å². The summed E-state index contributed by atoms with van der Waals surface area (Å²) >= 11 is 0. The quantitative estimate of drug-likeness (QED) is 0.608. The van der Waals surface area contributed by atoms with Crippen molar-refractivity contribution in [1.29, 1.82) is 0 Å². The first-order valence-corrected chi connectivity index (χ1v) is 9.88. The fourth-order valence-corrected chi connectivity index (χ4v) is 3.96. The van der Waals surface area contributed by atoms with Crippen LogP contribution in [0, 0.1) is 11.6 Å². The highest BCUT2D eigenvalue weighted by molar-refractivity contribution is 5.91. The van der Waals surface area contributed by atoms with E-state index in [4.69, 9.17) is 0 Å². The molecule has 2 aromatic heterocycles. The molecule has 1 saturated heterocycles. The van der Waals surface area contributed by atoms with Gasteiger partial charge < -0.3 is 14.9 Å². The zero-order valence-electron chi connectivity index (χ0n) is 17.6. The monoisotopic (exact) mass is 456 g/mol. The summed E-state index contributed by atoms with van der Waals surface area (Å²) in [6, 6.07) is 0.752. The zero-order chi connectivity index (χ0) is 23.4. The molecule has 4 rings (SSSR count). The topological polar surface area (TPSA) is 70.3 Å². The second kappa shape index (κ2) is 7.84. The van der Waals surface area contributed by atoms with Gasteiger partial charge in [0, 0.05) is 37.9 Å². The van der Waals surface area contributed by atoms with Crippen LogP contribution in [0.3, 0.4) is 0 Å². The summed E-state index contributed by atoms with van der Waals surface area (Å²) in [5, 5.41) is 13.9. The van der Waals surface area contributed by atoms with Crippen LogP contribution in [0.5, 0.6) is 5.75 Å². The number of rotatable bonds is 3. The number of halogens is 5. The molecular weight excluding hydrogens is 435 g/mol. The molecule has 12 heteroatoms. The molecule has 0 saturated carbocycles. The van der Waals surface area contributed by atoms with Gasteiger partial charge in [-0.05, 0) is 33.0 Å². The molecule has 7 nitrogen and oxygen atoms in total. The van der Waals surface area contributed by atoms with Gasteiger partial charge in [0.1, 0.15) is 5.69 Å². The number of hydrogen-bond acceptors (Lipinski definition) is 6. The number of phenolic OH excluding ortho intramolecular Hbond substituents is 1. The fourth-order valence-electron chi connectivity index (χ4n) is 3.96. The largest absolute Gasteiger partial charge is 0.503 e. The Hall–Kier alpha value is -3.02. The molecule has 1 aromatic carbocycles. The number of anilines is 1. The Morgan fingerprint density at radius 3 is 2.38 bits per heavy atom. The number of benzene rings is 1. The Kier molecular flexibility index (Phi) is 5.43.